The van der Waals surface area contributed by atoms with Gasteiger partial charge >= 0.3 is 0 Å². The summed E-state index contributed by atoms with van der Waals surface area (Å²) < 4.78 is 26.6. The molecule has 2 aromatic heterocycles. The molecule has 0 saturated heterocycles. The Morgan fingerprint density at radius 2 is 2.12 bits per heavy atom. The number of guanidine groups is 1. The van der Waals surface area contributed by atoms with Crippen LogP contribution in [0.4, 0.5) is 0 Å². The lowest BCUT2D eigenvalue weighted by molar-refractivity contribution is 0.460. The maximum Gasteiger partial charge on any atom is 0.252 e. The van der Waals surface area contributed by atoms with E-state index in [1.807, 2.05) is 31.2 Å². The summed E-state index contributed by atoms with van der Waals surface area (Å²) >= 11 is 2.85. The van der Waals surface area contributed by atoms with E-state index in [9.17, 15) is 8.42 Å². The molecule has 0 radical (unpaired) electrons. The summed E-state index contributed by atoms with van der Waals surface area (Å²) in [5.74, 6) is 0.736. The van der Waals surface area contributed by atoms with Crippen LogP contribution in [0.5, 0.6) is 0 Å². The van der Waals surface area contributed by atoms with Gasteiger partial charge in [-0.1, -0.05) is 6.07 Å². The average Bonchev–Trinajstić information content (AvgIpc) is 3.26. The summed E-state index contributed by atoms with van der Waals surface area (Å²) in [4.78, 5) is 11.0. The normalized spacial score (nSPS) is 12.6. The predicted molar refractivity (Wildman–Crippen MR) is 108 cm³/mol. The van der Waals surface area contributed by atoms with Crippen LogP contribution in [-0.2, 0) is 16.6 Å². The second-order valence-corrected chi connectivity index (χ2v) is 9.99. The van der Waals surface area contributed by atoms with Crippen molar-refractivity contribution in [1.29, 1.82) is 0 Å². The van der Waals surface area contributed by atoms with Gasteiger partial charge in [0, 0.05) is 32.6 Å². The number of aromatic nitrogens is 1. The van der Waals surface area contributed by atoms with Crippen molar-refractivity contribution in [1.82, 2.24) is 19.5 Å². The average molecular weight is 416 g/mol. The molecule has 0 saturated carbocycles. The van der Waals surface area contributed by atoms with Gasteiger partial charge in [0.25, 0.3) is 10.0 Å². The summed E-state index contributed by atoms with van der Waals surface area (Å²) in [5.41, 5.74) is 0.998. The van der Waals surface area contributed by atoms with E-state index < -0.39 is 10.0 Å². The van der Waals surface area contributed by atoms with Gasteiger partial charge in [0.2, 0.25) is 0 Å². The van der Waals surface area contributed by atoms with E-state index in [-0.39, 0.29) is 0 Å². The first-order valence-corrected chi connectivity index (χ1v) is 11.4. The second-order valence-electron chi connectivity index (χ2n) is 5.71. The van der Waals surface area contributed by atoms with Crippen molar-refractivity contribution in [3.8, 4) is 0 Å². The number of nitrogens with one attached hydrogen (secondary N) is 1. The van der Waals surface area contributed by atoms with E-state index in [4.69, 9.17) is 0 Å². The molecule has 2 aromatic rings. The third-order valence-electron chi connectivity index (χ3n) is 3.60. The van der Waals surface area contributed by atoms with Crippen molar-refractivity contribution >= 4 is 38.7 Å². The van der Waals surface area contributed by atoms with E-state index in [2.05, 4.69) is 15.3 Å². The Kier molecular flexibility index (Phi) is 7.56. The van der Waals surface area contributed by atoms with Gasteiger partial charge < -0.3 is 10.2 Å². The van der Waals surface area contributed by atoms with Crippen LogP contribution in [0.15, 0.2) is 32.1 Å². The van der Waals surface area contributed by atoms with Gasteiger partial charge in [-0.15, -0.1) is 22.7 Å². The Hall–Kier alpha value is -1.49. The minimum Gasteiger partial charge on any atom is -0.357 e. The Labute approximate surface area is 163 Å². The molecule has 0 aliphatic carbocycles. The fourth-order valence-electron chi connectivity index (χ4n) is 2.25. The summed E-state index contributed by atoms with van der Waals surface area (Å²) in [5, 5.41) is 8.07. The minimum absolute atomic E-state index is 0.318. The highest BCUT2D eigenvalue weighted by molar-refractivity contribution is 7.91. The zero-order valence-electron chi connectivity index (χ0n) is 15.5. The van der Waals surface area contributed by atoms with Crippen molar-refractivity contribution in [2.75, 3.05) is 33.7 Å². The van der Waals surface area contributed by atoms with Crippen LogP contribution in [0.25, 0.3) is 0 Å². The van der Waals surface area contributed by atoms with Crippen molar-refractivity contribution in [3.05, 3.63) is 33.6 Å². The molecule has 26 heavy (non-hydrogen) atoms. The van der Waals surface area contributed by atoms with Crippen LogP contribution in [0, 0.1) is 6.92 Å². The maximum absolute atomic E-state index is 12.4. The highest BCUT2D eigenvalue weighted by atomic mass is 32.2. The van der Waals surface area contributed by atoms with Crippen LogP contribution >= 0.6 is 22.7 Å². The maximum atomic E-state index is 12.4. The van der Waals surface area contributed by atoms with Crippen LogP contribution in [0.3, 0.4) is 0 Å². The van der Waals surface area contributed by atoms with E-state index in [0.717, 1.165) is 23.2 Å². The third-order valence-corrected chi connectivity index (χ3v) is 7.65. The van der Waals surface area contributed by atoms with Gasteiger partial charge in [-0.05, 0) is 25.3 Å². The van der Waals surface area contributed by atoms with Gasteiger partial charge in [-0.2, -0.15) is 4.31 Å². The van der Waals surface area contributed by atoms with Gasteiger partial charge in [-0.25, -0.2) is 13.4 Å². The molecule has 2 rings (SSSR count). The SMILES string of the molecule is CCNC(=NCCN(C)S(=O)(=O)c1cccs1)N(C)Cc1csc(C)n1. The second kappa shape index (κ2) is 9.45. The molecule has 2 heterocycles. The lowest BCUT2D eigenvalue weighted by atomic mass is 10.4. The number of likely N-dealkylation sites (N-methyl/N-ethyl adjacent to an activating group) is 1. The van der Waals surface area contributed by atoms with E-state index in [1.54, 1.807) is 35.9 Å². The molecule has 144 valence electrons. The standard InChI is InChI=1S/C16H25N5O2S3/c1-5-17-16(20(3)11-14-12-25-13(2)19-14)18-8-9-21(4)26(22,23)15-7-6-10-24-15/h6-7,10,12H,5,8-9,11H2,1-4H3,(H,17,18). The van der Waals surface area contributed by atoms with Crippen LogP contribution in [0.1, 0.15) is 17.6 Å². The van der Waals surface area contributed by atoms with Crippen LogP contribution < -0.4 is 5.32 Å². The lowest BCUT2D eigenvalue weighted by Gasteiger charge is -2.22. The molecule has 1 N–H and O–H groups in total. The minimum atomic E-state index is -3.43. The van der Waals surface area contributed by atoms with Crippen molar-refractivity contribution in [2.24, 2.45) is 4.99 Å². The summed E-state index contributed by atoms with van der Waals surface area (Å²) in [6.07, 6.45) is 0. The molecule has 0 aliphatic rings. The number of aryl methyl sites for hydroxylation is 1. The zero-order valence-corrected chi connectivity index (χ0v) is 17.9. The molecule has 7 nitrogen and oxygen atoms in total. The number of rotatable bonds is 8. The fraction of sp³-hybridized carbons (Fsp3) is 0.500. The first-order valence-electron chi connectivity index (χ1n) is 8.25. The van der Waals surface area contributed by atoms with Crippen molar-refractivity contribution in [3.63, 3.8) is 0 Å². The zero-order chi connectivity index (χ0) is 19.2. The number of hydrogen-bond acceptors (Lipinski definition) is 6. The van der Waals surface area contributed by atoms with E-state index >= 15 is 0 Å². The molecule has 0 spiro atoms. The molecule has 0 fully saturated rings. The molecule has 0 unspecified atom stereocenters. The first-order chi connectivity index (χ1) is 12.3. The summed E-state index contributed by atoms with van der Waals surface area (Å²) in [7, 11) is 0.0974. The molecular weight excluding hydrogens is 390 g/mol. The van der Waals surface area contributed by atoms with Gasteiger partial charge in [-0.3, -0.25) is 4.99 Å². The number of sulfonamides is 1. The van der Waals surface area contributed by atoms with Crippen LogP contribution in [0.2, 0.25) is 0 Å². The molecule has 0 aliphatic heterocycles. The topological polar surface area (TPSA) is 77.9 Å². The molecule has 0 bridgehead atoms. The Morgan fingerprint density at radius 1 is 1.35 bits per heavy atom. The number of thiophene rings is 1. The summed E-state index contributed by atoms with van der Waals surface area (Å²) in [6, 6.07) is 3.36. The first kappa shape index (κ1) is 20.8. The Balaban J connectivity index is 1.97. The molecular formula is C16H25N5O2S3. The van der Waals surface area contributed by atoms with Crippen molar-refractivity contribution < 1.29 is 8.42 Å². The number of nitrogens with zero attached hydrogens (tertiary/aromatic N) is 4. The predicted octanol–water partition coefficient (Wildman–Crippen LogP) is 2.23. The lowest BCUT2D eigenvalue weighted by Crippen LogP contribution is -2.39. The fourth-order valence-corrected chi connectivity index (χ4v) is 5.22. The summed E-state index contributed by atoms with van der Waals surface area (Å²) in [6.45, 7) is 6.08. The van der Waals surface area contributed by atoms with Gasteiger partial charge in [0.1, 0.15) is 4.21 Å². The third kappa shape index (κ3) is 5.50. The quantitative estimate of drug-likeness (QED) is 0.528. The molecule has 0 aromatic carbocycles. The largest absolute Gasteiger partial charge is 0.357 e. The molecule has 0 atom stereocenters. The number of thiazole rings is 1. The Morgan fingerprint density at radius 3 is 2.69 bits per heavy atom. The van der Waals surface area contributed by atoms with Gasteiger partial charge in [0.15, 0.2) is 5.96 Å². The number of aliphatic imine (C=N–C) groups is 1. The Bertz CT molecular complexity index is 815. The molecule has 10 heteroatoms. The van der Waals surface area contributed by atoms with E-state index in [1.165, 1.54) is 15.6 Å². The molecule has 0 amide bonds. The van der Waals surface area contributed by atoms with Crippen molar-refractivity contribution in [2.45, 2.75) is 24.6 Å². The monoisotopic (exact) mass is 415 g/mol. The van der Waals surface area contributed by atoms with E-state index in [0.29, 0.717) is 23.8 Å². The highest BCUT2D eigenvalue weighted by Crippen LogP contribution is 2.19. The highest BCUT2D eigenvalue weighted by Gasteiger charge is 2.21. The smallest absolute Gasteiger partial charge is 0.252 e. The number of hydrogen-bond donors (Lipinski definition) is 1. The van der Waals surface area contributed by atoms with Gasteiger partial charge in [0.05, 0.1) is 23.8 Å². The van der Waals surface area contributed by atoms with Crippen LogP contribution in [-0.4, -0.2) is 62.3 Å².